The SMILES string of the molecule is C[C@@H](OC(=O)c1ccccc1)C(=O)Nc1ccccc1-c1ccccc1. The topological polar surface area (TPSA) is 55.4 Å². The van der Waals surface area contributed by atoms with E-state index in [9.17, 15) is 9.59 Å². The number of rotatable bonds is 5. The van der Waals surface area contributed by atoms with Gasteiger partial charge >= 0.3 is 5.97 Å². The Bertz CT molecular complexity index is 892. The normalized spacial score (nSPS) is 11.4. The van der Waals surface area contributed by atoms with Crippen LogP contribution in [0.25, 0.3) is 11.1 Å². The van der Waals surface area contributed by atoms with Crippen molar-refractivity contribution in [2.45, 2.75) is 13.0 Å². The molecule has 1 atom stereocenters. The minimum atomic E-state index is -0.911. The maximum Gasteiger partial charge on any atom is 0.338 e. The Balaban J connectivity index is 1.71. The summed E-state index contributed by atoms with van der Waals surface area (Å²) in [6, 6.07) is 25.9. The lowest BCUT2D eigenvalue weighted by molar-refractivity contribution is -0.123. The molecular weight excluding hydrogens is 326 g/mol. The van der Waals surface area contributed by atoms with Crippen molar-refractivity contribution in [2.75, 3.05) is 5.32 Å². The molecule has 130 valence electrons. The van der Waals surface area contributed by atoms with Crippen LogP contribution in [0.5, 0.6) is 0 Å². The van der Waals surface area contributed by atoms with Crippen molar-refractivity contribution < 1.29 is 14.3 Å². The van der Waals surface area contributed by atoms with Gasteiger partial charge in [0.1, 0.15) is 0 Å². The number of anilines is 1. The fourth-order valence-electron chi connectivity index (χ4n) is 2.55. The lowest BCUT2D eigenvalue weighted by atomic mass is 10.0. The number of esters is 1. The number of carbonyl (C=O) groups excluding carboxylic acids is 2. The first-order chi connectivity index (χ1) is 12.6. The summed E-state index contributed by atoms with van der Waals surface area (Å²) >= 11 is 0. The van der Waals surface area contributed by atoms with Crippen molar-refractivity contribution in [3.63, 3.8) is 0 Å². The second-order valence-electron chi connectivity index (χ2n) is 5.81. The van der Waals surface area contributed by atoms with Gasteiger partial charge in [-0.1, -0.05) is 66.7 Å². The molecule has 1 N–H and O–H groups in total. The number of para-hydroxylation sites is 1. The van der Waals surface area contributed by atoms with Crippen LogP contribution in [-0.2, 0) is 9.53 Å². The van der Waals surface area contributed by atoms with E-state index in [0.29, 0.717) is 11.3 Å². The average Bonchev–Trinajstić information content (AvgIpc) is 2.69. The molecule has 0 fully saturated rings. The Morgan fingerprint density at radius 1 is 0.808 bits per heavy atom. The molecule has 0 radical (unpaired) electrons. The van der Waals surface area contributed by atoms with E-state index in [1.54, 1.807) is 31.2 Å². The molecule has 0 aliphatic rings. The Hall–Kier alpha value is -3.40. The summed E-state index contributed by atoms with van der Waals surface area (Å²) in [6.45, 7) is 1.56. The standard InChI is InChI=1S/C22H19NO3/c1-16(26-22(25)18-12-6-3-7-13-18)21(24)23-20-15-9-8-14-19(20)17-10-4-2-5-11-17/h2-16H,1H3,(H,23,24)/t16-/m1/s1. The molecule has 3 rings (SSSR count). The van der Waals surface area contributed by atoms with Gasteiger partial charge in [0.15, 0.2) is 6.10 Å². The molecule has 4 nitrogen and oxygen atoms in total. The predicted molar refractivity (Wildman–Crippen MR) is 102 cm³/mol. The minimum Gasteiger partial charge on any atom is -0.449 e. The number of hydrogen-bond acceptors (Lipinski definition) is 3. The lowest BCUT2D eigenvalue weighted by Crippen LogP contribution is -2.30. The summed E-state index contributed by atoms with van der Waals surface area (Å²) in [5.74, 6) is -0.901. The molecule has 3 aromatic carbocycles. The van der Waals surface area contributed by atoms with E-state index in [1.807, 2.05) is 60.7 Å². The van der Waals surface area contributed by atoms with Gasteiger partial charge in [0, 0.05) is 11.3 Å². The van der Waals surface area contributed by atoms with Gasteiger partial charge in [-0.05, 0) is 30.7 Å². The van der Waals surface area contributed by atoms with E-state index in [-0.39, 0.29) is 5.91 Å². The molecule has 1 amide bonds. The van der Waals surface area contributed by atoms with Crippen molar-refractivity contribution in [3.8, 4) is 11.1 Å². The average molecular weight is 345 g/mol. The molecule has 0 saturated heterocycles. The van der Waals surface area contributed by atoms with Crippen molar-refractivity contribution >= 4 is 17.6 Å². The summed E-state index contributed by atoms with van der Waals surface area (Å²) in [7, 11) is 0. The monoisotopic (exact) mass is 345 g/mol. The van der Waals surface area contributed by atoms with Gasteiger partial charge in [0.05, 0.1) is 5.56 Å². The van der Waals surface area contributed by atoms with Crippen LogP contribution in [0.15, 0.2) is 84.9 Å². The maximum atomic E-state index is 12.5. The van der Waals surface area contributed by atoms with Crippen LogP contribution >= 0.6 is 0 Å². The third-order valence-corrected chi connectivity index (χ3v) is 3.93. The van der Waals surface area contributed by atoms with Gasteiger partial charge < -0.3 is 10.1 Å². The van der Waals surface area contributed by atoms with Crippen LogP contribution in [0.4, 0.5) is 5.69 Å². The van der Waals surface area contributed by atoms with Crippen molar-refractivity contribution in [1.82, 2.24) is 0 Å². The zero-order valence-electron chi connectivity index (χ0n) is 14.4. The summed E-state index contributed by atoms with van der Waals surface area (Å²) in [4.78, 5) is 24.6. The van der Waals surface area contributed by atoms with Gasteiger partial charge in [-0.15, -0.1) is 0 Å². The van der Waals surface area contributed by atoms with Crippen LogP contribution in [0.2, 0.25) is 0 Å². The first-order valence-electron chi connectivity index (χ1n) is 8.36. The number of ether oxygens (including phenoxy) is 1. The largest absolute Gasteiger partial charge is 0.449 e. The molecule has 0 spiro atoms. The van der Waals surface area contributed by atoms with Crippen molar-refractivity contribution in [3.05, 3.63) is 90.5 Å². The van der Waals surface area contributed by atoms with Crippen molar-refractivity contribution in [2.24, 2.45) is 0 Å². The van der Waals surface area contributed by atoms with Crippen molar-refractivity contribution in [1.29, 1.82) is 0 Å². The highest BCUT2D eigenvalue weighted by Gasteiger charge is 2.19. The zero-order chi connectivity index (χ0) is 18.4. The van der Waals surface area contributed by atoms with Crippen LogP contribution in [0.1, 0.15) is 17.3 Å². The second kappa shape index (κ2) is 8.12. The van der Waals surface area contributed by atoms with Gasteiger partial charge in [0.25, 0.3) is 5.91 Å². The molecule has 0 aromatic heterocycles. The molecule has 26 heavy (non-hydrogen) atoms. The Labute approximate surface area is 152 Å². The minimum absolute atomic E-state index is 0.377. The number of nitrogens with one attached hydrogen (secondary N) is 1. The number of carbonyl (C=O) groups is 2. The van der Waals surface area contributed by atoms with Gasteiger partial charge in [-0.2, -0.15) is 0 Å². The quantitative estimate of drug-likeness (QED) is 0.691. The van der Waals surface area contributed by atoms with Gasteiger partial charge in [-0.25, -0.2) is 4.79 Å². The maximum absolute atomic E-state index is 12.5. The first-order valence-corrected chi connectivity index (χ1v) is 8.36. The Kier molecular flexibility index (Phi) is 5.44. The second-order valence-corrected chi connectivity index (χ2v) is 5.81. The lowest BCUT2D eigenvalue weighted by Gasteiger charge is -2.16. The van der Waals surface area contributed by atoms with Crippen LogP contribution < -0.4 is 5.32 Å². The molecule has 0 aliphatic heterocycles. The molecule has 0 saturated carbocycles. The highest BCUT2D eigenvalue weighted by atomic mass is 16.5. The summed E-state index contributed by atoms with van der Waals surface area (Å²) < 4.78 is 5.27. The summed E-state index contributed by atoms with van der Waals surface area (Å²) in [6.07, 6.45) is -0.911. The highest BCUT2D eigenvalue weighted by Crippen LogP contribution is 2.27. The number of hydrogen-bond donors (Lipinski definition) is 1. The van der Waals surface area contributed by atoms with E-state index in [1.165, 1.54) is 0 Å². The van der Waals surface area contributed by atoms with Crippen LogP contribution in [-0.4, -0.2) is 18.0 Å². The fraction of sp³-hybridized carbons (Fsp3) is 0.0909. The Morgan fingerprint density at radius 3 is 2.08 bits per heavy atom. The molecule has 0 heterocycles. The summed E-state index contributed by atoms with van der Waals surface area (Å²) in [5.41, 5.74) is 2.99. The molecule has 0 bridgehead atoms. The van der Waals surface area contributed by atoms with E-state index in [0.717, 1.165) is 11.1 Å². The molecule has 4 heteroatoms. The fourth-order valence-corrected chi connectivity index (χ4v) is 2.55. The molecule has 3 aromatic rings. The third-order valence-electron chi connectivity index (χ3n) is 3.93. The Morgan fingerprint density at radius 2 is 1.38 bits per heavy atom. The summed E-state index contributed by atoms with van der Waals surface area (Å²) in [5, 5.41) is 2.85. The zero-order valence-corrected chi connectivity index (χ0v) is 14.4. The molecular formula is C22H19NO3. The first kappa shape index (κ1) is 17.4. The highest BCUT2D eigenvalue weighted by molar-refractivity contribution is 5.99. The van der Waals surface area contributed by atoms with Gasteiger partial charge in [0.2, 0.25) is 0 Å². The smallest absolute Gasteiger partial charge is 0.338 e. The molecule has 0 unspecified atom stereocenters. The number of amides is 1. The van der Waals surface area contributed by atoms with Gasteiger partial charge in [-0.3, -0.25) is 4.79 Å². The van der Waals surface area contributed by atoms with E-state index in [2.05, 4.69) is 5.32 Å². The van der Waals surface area contributed by atoms with Crippen LogP contribution in [0, 0.1) is 0 Å². The van der Waals surface area contributed by atoms with E-state index >= 15 is 0 Å². The van der Waals surface area contributed by atoms with E-state index < -0.39 is 12.1 Å². The molecule has 0 aliphatic carbocycles. The predicted octanol–water partition coefficient (Wildman–Crippen LogP) is 4.54. The van der Waals surface area contributed by atoms with Crippen LogP contribution in [0.3, 0.4) is 0 Å². The number of benzene rings is 3. The third kappa shape index (κ3) is 4.16. The van der Waals surface area contributed by atoms with E-state index in [4.69, 9.17) is 4.74 Å².